The molecule has 0 aliphatic carbocycles. The molecule has 1 aromatic carbocycles. The Morgan fingerprint density at radius 1 is 1.42 bits per heavy atom. The minimum atomic E-state index is 0.0647. The van der Waals surface area contributed by atoms with E-state index in [2.05, 4.69) is 11.2 Å². The Balaban J connectivity index is 2.07. The maximum atomic E-state index is 8.79. The van der Waals surface area contributed by atoms with Gasteiger partial charge in [0.15, 0.2) is 5.84 Å². The van der Waals surface area contributed by atoms with Crippen LogP contribution in [0.25, 0.3) is 0 Å². The van der Waals surface area contributed by atoms with Gasteiger partial charge in [-0.1, -0.05) is 22.9 Å². The zero-order valence-electron chi connectivity index (χ0n) is 10.7. The van der Waals surface area contributed by atoms with Crippen LogP contribution in [0.4, 0.5) is 0 Å². The van der Waals surface area contributed by atoms with E-state index in [1.54, 1.807) is 11.3 Å². The van der Waals surface area contributed by atoms with Gasteiger partial charge in [0.25, 0.3) is 0 Å². The Morgan fingerprint density at radius 2 is 2.26 bits per heavy atom. The maximum Gasteiger partial charge on any atom is 0.173 e. The molecule has 5 heteroatoms. The number of hydrogen-bond acceptors (Lipinski definition) is 4. The van der Waals surface area contributed by atoms with Crippen LogP contribution in [0.15, 0.2) is 40.9 Å². The lowest BCUT2D eigenvalue weighted by Crippen LogP contribution is -2.15. The highest BCUT2D eigenvalue weighted by molar-refractivity contribution is 7.09. The molecule has 2 aromatic rings. The number of rotatable bonds is 5. The Bertz CT molecular complexity index is 565. The summed E-state index contributed by atoms with van der Waals surface area (Å²) in [4.78, 5) is 1.28. The topological polar surface area (TPSA) is 67.8 Å². The van der Waals surface area contributed by atoms with Crippen molar-refractivity contribution in [2.45, 2.75) is 13.3 Å². The largest absolute Gasteiger partial charge is 0.492 e. The molecule has 1 heterocycles. The van der Waals surface area contributed by atoms with Crippen molar-refractivity contribution in [3.05, 3.63) is 51.7 Å². The quantitative estimate of drug-likeness (QED) is 0.382. The van der Waals surface area contributed by atoms with E-state index in [1.807, 2.05) is 36.6 Å². The molecule has 4 nitrogen and oxygen atoms in total. The van der Waals surface area contributed by atoms with E-state index < -0.39 is 0 Å². The molecular formula is C14H16N2O2S. The normalized spacial score (nSPS) is 11.5. The predicted octanol–water partition coefficient (Wildman–Crippen LogP) is 2.77. The van der Waals surface area contributed by atoms with Gasteiger partial charge in [-0.3, -0.25) is 0 Å². The second-order valence-corrected chi connectivity index (χ2v) is 5.19. The summed E-state index contributed by atoms with van der Waals surface area (Å²) in [6.45, 7) is 2.51. The second-order valence-electron chi connectivity index (χ2n) is 4.16. The van der Waals surface area contributed by atoms with Crippen LogP contribution in [0.1, 0.15) is 16.0 Å². The van der Waals surface area contributed by atoms with Crippen molar-refractivity contribution < 1.29 is 9.94 Å². The minimum Gasteiger partial charge on any atom is -0.492 e. The van der Waals surface area contributed by atoms with Crippen molar-refractivity contribution in [2.24, 2.45) is 10.9 Å². The van der Waals surface area contributed by atoms with Gasteiger partial charge in [-0.05, 0) is 30.5 Å². The minimum absolute atomic E-state index is 0.0647. The van der Waals surface area contributed by atoms with Crippen LogP contribution in [0.3, 0.4) is 0 Å². The smallest absolute Gasteiger partial charge is 0.173 e. The molecule has 0 atom stereocenters. The van der Waals surface area contributed by atoms with Crippen molar-refractivity contribution in [2.75, 3.05) is 6.61 Å². The molecule has 0 aliphatic heterocycles. The van der Waals surface area contributed by atoms with E-state index in [0.29, 0.717) is 17.9 Å². The monoisotopic (exact) mass is 276 g/mol. The lowest BCUT2D eigenvalue weighted by atomic mass is 10.1. The van der Waals surface area contributed by atoms with E-state index in [-0.39, 0.29) is 5.84 Å². The number of thiophene rings is 1. The van der Waals surface area contributed by atoms with E-state index >= 15 is 0 Å². The number of oxime groups is 1. The van der Waals surface area contributed by atoms with Gasteiger partial charge in [0, 0.05) is 11.3 Å². The predicted molar refractivity (Wildman–Crippen MR) is 77.2 cm³/mol. The summed E-state index contributed by atoms with van der Waals surface area (Å²) < 4.78 is 5.72. The lowest BCUT2D eigenvalue weighted by molar-refractivity contribution is 0.314. The van der Waals surface area contributed by atoms with Crippen molar-refractivity contribution in [1.29, 1.82) is 0 Å². The number of ether oxygens (including phenoxy) is 1. The first-order valence-electron chi connectivity index (χ1n) is 5.94. The van der Waals surface area contributed by atoms with Gasteiger partial charge < -0.3 is 15.7 Å². The Morgan fingerprint density at radius 3 is 2.95 bits per heavy atom. The van der Waals surface area contributed by atoms with E-state index in [4.69, 9.17) is 15.7 Å². The number of aryl methyl sites for hydroxylation is 1. The second kappa shape index (κ2) is 6.24. The number of nitrogens with zero attached hydrogens (tertiary/aromatic N) is 1. The van der Waals surface area contributed by atoms with Crippen molar-refractivity contribution in [3.8, 4) is 5.75 Å². The molecule has 0 radical (unpaired) electrons. The third-order valence-electron chi connectivity index (χ3n) is 2.70. The molecule has 0 amide bonds. The summed E-state index contributed by atoms with van der Waals surface area (Å²) in [5.74, 6) is 0.701. The zero-order valence-corrected chi connectivity index (χ0v) is 11.5. The fraction of sp³-hybridized carbons (Fsp3) is 0.214. The molecule has 100 valence electrons. The lowest BCUT2D eigenvalue weighted by Gasteiger charge is -2.11. The first-order valence-corrected chi connectivity index (χ1v) is 6.82. The summed E-state index contributed by atoms with van der Waals surface area (Å²) in [5, 5.41) is 13.9. The number of benzene rings is 1. The van der Waals surface area contributed by atoms with Crippen LogP contribution >= 0.6 is 11.3 Å². The maximum absolute atomic E-state index is 8.79. The van der Waals surface area contributed by atoms with Crippen LogP contribution in [-0.2, 0) is 6.42 Å². The third kappa shape index (κ3) is 3.48. The highest BCUT2D eigenvalue weighted by atomic mass is 32.1. The Hall–Kier alpha value is -2.01. The molecule has 0 saturated carbocycles. The molecule has 2 rings (SSSR count). The molecule has 0 bridgehead atoms. The van der Waals surface area contributed by atoms with Gasteiger partial charge in [0.1, 0.15) is 5.75 Å². The Labute approximate surface area is 116 Å². The van der Waals surface area contributed by atoms with Gasteiger partial charge in [-0.25, -0.2) is 0 Å². The third-order valence-corrected chi connectivity index (χ3v) is 3.64. The Kier molecular flexibility index (Phi) is 4.41. The summed E-state index contributed by atoms with van der Waals surface area (Å²) in [6, 6.07) is 9.72. The van der Waals surface area contributed by atoms with Gasteiger partial charge in [0.05, 0.1) is 12.2 Å². The van der Waals surface area contributed by atoms with Crippen molar-refractivity contribution in [3.63, 3.8) is 0 Å². The standard InChI is InChI=1S/C14H16N2O2S/c1-10-4-5-13(12(9-10)14(15)16-17)18-7-6-11-3-2-8-19-11/h2-5,8-9,17H,6-7H2,1H3,(H2,15,16). The van der Waals surface area contributed by atoms with Crippen LogP contribution < -0.4 is 10.5 Å². The fourth-order valence-electron chi connectivity index (χ4n) is 1.74. The van der Waals surface area contributed by atoms with Gasteiger partial charge in [-0.2, -0.15) is 0 Å². The van der Waals surface area contributed by atoms with Crippen molar-refractivity contribution in [1.82, 2.24) is 0 Å². The molecule has 3 N–H and O–H groups in total. The number of hydrogen-bond donors (Lipinski definition) is 2. The molecule has 0 saturated heterocycles. The number of nitrogens with two attached hydrogens (primary N) is 1. The van der Waals surface area contributed by atoms with Gasteiger partial charge in [0.2, 0.25) is 0 Å². The average Bonchev–Trinajstić information content (AvgIpc) is 2.92. The molecule has 0 unspecified atom stereocenters. The van der Waals surface area contributed by atoms with Crippen LogP contribution in [0.5, 0.6) is 5.75 Å². The van der Waals surface area contributed by atoms with E-state index in [9.17, 15) is 0 Å². The molecule has 19 heavy (non-hydrogen) atoms. The summed E-state index contributed by atoms with van der Waals surface area (Å²) in [6.07, 6.45) is 0.848. The first kappa shape index (κ1) is 13.4. The van der Waals surface area contributed by atoms with E-state index in [1.165, 1.54) is 4.88 Å². The molecule has 0 spiro atoms. The van der Waals surface area contributed by atoms with Crippen LogP contribution in [0.2, 0.25) is 0 Å². The van der Waals surface area contributed by atoms with Gasteiger partial charge in [-0.15, -0.1) is 11.3 Å². The molecule has 0 aliphatic rings. The van der Waals surface area contributed by atoms with Crippen molar-refractivity contribution >= 4 is 17.2 Å². The molecule has 0 fully saturated rings. The summed E-state index contributed by atoms with van der Waals surface area (Å²) >= 11 is 1.71. The summed E-state index contributed by atoms with van der Waals surface area (Å²) in [5.41, 5.74) is 7.31. The molecular weight excluding hydrogens is 260 g/mol. The summed E-state index contributed by atoms with van der Waals surface area (Å²) in [7, 11) is 0. The van der Waals surface area contributed by atoms with E-state index in [0.717, 1.165) is 12.0 Å². The fourth-order valence-corrected chi connectivity index (χ4v) is 2.43. The van der Waals surface area contributed by atoms with Crippen LogP contribution in [-0.4, -0.2) is 17.6 Å². The molecule has 1 aromatic heterocycles. The van der Waals surface area contributed by atoms with Crippen LogP contribution in [0, 0.1) is 6.92 Å². The first-order chi connectivity index (χ1) is 9.20. The highest BCUT2D eigenvalue weighted by Crippen LogP contribution is 2.20. The highest BCUT2D eigenvalue weighted by Gasteiger charge is 2.08. The SMILES string of the molecule is Cc1ccc(OCCc2cccs2)c(/C(N)=N/O)c1. The number of amidine groups is 1. The zero-order chi connectivity index (χ0) is 13.7. The van der Waals surface area contributed by atoms with Gasteiger partial charge >= 0.3 is 0 Å². The average molecular weight is 276 g/mol.